The van der Waals surface area contributed by atoms with E-state index in [4.69, 9.17) is 16.3 Å². The van der Waals surface area contributed by atoms with E-state index in [1.54, 1.807) is 12.1 Å². The average Bonchev–Trinajstić information content (AvgIpc) is 3.11. The summed E-state index contributed by atoms with van der Waals surface area (Å²) >= 11 is 6.38. The van der Waals surface area contributed by atoms with Gasteiger partial charge in [-0.3, -0.25) is 14.4 Å². The van der Waals surface area contributed by atoms with Crippen molar-refractivity contribution in [2.45, 2.75) is 30.7 Å². The maximum Gasteiger partial charge on any atom is 0.411 e. The van der Waals surface area contributed by atoms with Crippen LogP contribution >= 0.6 is 11.6 Å². The molecule has 2 heterocycles. The summed E-state index contributed by atoms with van der Waals surface area (Å²) in [5.74, 6) is -1.81. The number of nitrogens with zero attached hydrogens (tertiary/aromatic N) is 2. The van der Waals surface area contributed by atoms with Crippen molar-refractivity contribution in [2.75, 3.05) is 6.61 Å². The molecule has 1 aromatic rings. The number of fused-ring (bicyclic) bond motifs is 1. The number of imide groups is 1. The first kappa shape index (κ1) is 19.7. The van der Waals surface area contributed by atoms with Crippen molar-refractivity contribution >= 4 is 29.3 Å². The average molecular weight is 427 g/mol. The Morgan fingerprint density at radius 1 is 1.14 bits per heavy atom. The van der Waals surface area contributed by atoms with Crippen molar-refractivity contribution < 1.29 is 32.3 Å². The van der Waals surface area contributed by atoms with Crippen LogP contribution in [-0.2, 0) is 9.53 Å². The number of hydrogen-bond donors (Lipinski definition) is 0. The lowest BCUT2D eigenvalue weighted by atomic mass is 9.90. The number of benzene rings is 1. The Morgan fingerprint density at radius 2 is 1.76 bits per heavy atom. The molecule has 0 aromatic heterocycles. The Kier molecular flexibility index (Phi) is 4.54. The summed E-state index contributed by atoms with van der Waals surface area (Å²) in [5, 5.41) is 1.78. The molecule has 0 bridgehead atoms. The molecule has 1 aromatic carbocycles. The lowest BCUT2D eigenvalue weighted by Crippen LogP contribution is -2.57. The Balaban J connectivity index is 1.66. The summed E-state index contributed by atoms with van der Waals surface area (Å²) in [6, 6.07) is 6.17. The normalized spacial score (nSPS) is 26.6. The molecule has 1 fully saturated rings. The molecular formula is C19H14ClF3N2O4. The lowest BCUT2D eigenvalue weighted by Gasteiger charge is -2.41. The third-order valence-corrected chi connectivity index (χ3v) is 5.49. The topological polar surface area (TPSA) is 66.9 Å². The maximum absolute atomic E-state index is 12.8. The highest BCUT2D eigenvalue weighted by Crippen LogP contribution is 2.45. The minimum absolute atomic E-state index is 0.00887. The molecule has 4 rings (SSSR count). The summed E-state index contributed by atoms with van der Waals surface area (Å²) in [6.07, 6.45) is -1.37. The van der Waals surface area contributed by atoms with E-state index < -0.39 is 42.1 Å². The molecule has 2 atom stereocenters. The highest BCUT2D eigenvalue weighted by Gasteiger charge is 2.55. The Hall–Kier alpha value is -2.65. The lowest BCUT2D eigenvalue weighted by molar-refractivity contribution is -0.177. The second kappa shape index (κ2) is 6.70. The van der Waals surface area contributed by atoms with Gasteiger partial charge in [0.15, 0.2) is 0 Å². The summed E-state index contributed by atoms with van der Waals surface area (Å²) < 4.78 is 42.0. The number of hydrazine groups is 1. The van der Waals surface area contributed by atoms with Crippen molar-refractivity contribution in [3.05, 3.63) is 58.7 Å². The fourth-order valence-corrected chi connectivity index (χ4v) is 4.09. The Morgan fingerprint density at radius 3 is 2.31 bits per heavy atom. The van der Waals surface area contributed by atoms with E-state index in [9.17, 15) is 27.6 Å². The molecular weight excluding hydrogens is 413 g/mol. The van der Waals surface area contributed by atoms with Crippen molar-refractivity contribution in [3.8, 4) is 0 Å². The quantitative estimate of drug-likeness (QED) is 0.550. The highest BCUT2D eigenvalue weighted by atomic mass is 35.5. The summed E-state index contributed by atoms with van der Waals surface area (Å²) in [5.41, 5.74) is -0.998. The van der Waals surface area contributed by atoms with Gasteiger partial charge in [-0.1, -0.05) is 35.9 Å². The third-order valence-electron chi connectivity index (χ3n) is 5.03. The molecule has 6 nitrogen and oxygen atoms in total. The number of rotatable bonds is 3. The fourth-order valence-electron chi connectivity index (χ4n) is 3.73. The van der Waals surface area contributed by atoms with Crippen LogP contribution in [0.25, 0.3) is 0 Å². The zero-order chi connectivity index (χ0) is 21.0. The number of carbonyl (C=O) groups is 3. The van der Waals surface area contributed by atoms with Gasteiger partial charge in [-0.05, 0) is 24.6 Å². The molecule has 2 unspecified atom stereocenters. The second-order valence-electron chi connectivity index (χ2n) is 6.86. The van der Waals surface area contributed by atoms with Crippen LogP contribution in [0.4, 0.5) is 13.2 Å². The molecule has 3 amide bonds. The largest absolute Gasteiger partial charge is 0.411 e. The van der Waals surface area contributed by atoms with Crippen LogP contribution in [-0.4, -0.2) is 52.2 Å². The van der Waals surface area contributed by atoms with Gasteiger partial charge in [0.1, 0.15) is 12.1 Å². The van der Waals surface area contributed by atoms with Crippen LogP contribution in [0.3, 0.4) is 0 Å². The van der Waals surface area contributed by atoms with Crippen LogP contribution in [0.2, 0.25) is 0 Å². The van der Waals surface area contributed by atoms with Crippen LogP contribution in [0.1, 0.15) is 33.6 Å². The van der Waals surface area contributed by atoms with Gasteiger partial charge in [0.2, 0.25) is 5.91 Å². The zero-order valence-corrected chi connectivity index (χ0v) is 15.5. The number of alkyl halides is 3. The Bertz CT molecular complexity index is 939. The van der Waals surface area contributed by atoms with Crippen LogP contribution < -0.4 is 0 Å². The van der Waals surface area contributed by atoms with E-state index in [-0.39, 0.29) is 29.0 Å². The van der Waals surface area contributed by atoms with E-state index >= 15 is 0 Å². The first-order valence-electron chi connectivity index (χ1n) is 8.70. The van der Waals surface area contributed by atoms with Crippen molar-refractivity contribution in [3.63, 3.8) is 0 Å². The SMILES string of the molecule is O=C1c2ccccc2C(=O)N1N1C(=O)CCC12C=CC(OCC(F)(F)F)C=C2Cl. The van der Waals surface area contributed by atoms with Crippen LogP contribution in [0.5, 0.6) is 0 Å². The molecule has 3 aliphatic rings. The maximum atomic E-state index is 12.8. The number of hydrogen-bond acceptors (Lipinski definition) is 4. The van der Waals surface area contributed by atoms with Gasteiger partial charge in [-0.15, -0.1) is 0 Å². The van der Waals surface area contributed by atoms with E-state index in [1.807, 2.05) is 0 Å². The minimum Gasteiger partial charge on any atom is -0.361 e. The van der Waals surface area contributed by atoms with E-state index in [0.717, 1.165) is 10.0 Å². The summed E-state index contributed by atoms with van der Waals surface area (Å²) in [6.45, 7) is -1.46. The molecule has 29 heavy (non-hydrogen) atoms. The summed E-state index contributed by atoms with van der Waals surface area (Å²) in [4.78, 5) is 38.3. The van der Waals surface area contributed by atoms with E-state index in [0.29, 0.717) is 0 Å². The van der Waals surface area contributed by atoms with E-state index in [2.05, 4.69) is 0 Å². The number of carbonyl (C=O) groups excluding carboxylic acids is 3. The molecule has 0 N–H and O–H groups in total. The first-order valence-corrected chi connectivity index (χ1v) is 9.08. The molecule has 152 valence electrons. The van der Waals surface area contributed by atoms with Gasteiger partial charge >= 0.3 is 6.18 Å². The molecule has 10 heteroatoms. The minimum atomic E-state index is -4.50. The van der Waals surface area contributed by atoms with Gasteiger partial charge in [0.25, 0.3) is 11.8 Å². The predicted octanol–water partition coefficient (Wildman–Crippen LogP) is 3.20. The Labute approximate surface area is 168 Å². The predicted molar refractivity (Wildman–Crippen MR) is 94.6 cm³/mol. The second-order valence-corrected chi connectivity index (χ2v) is 7.27. The van der Waals surface area contributed by atoms with Gasteiger partial charge < -0.3 is 4.74 Å². The highest BCUT2D eigenvalue weighted by molar-refractivity contribution is 6.31. The van der Waals surface area contributed by atoms with Crippen molar-refractivity contribution in [2.24, 2.45) is 0 Å². The van der Waals surface area contributed by atoms with Gasteiger partial charge in [-0.25, -0.2) is 5.01 Å². The molecule has 0 saturated carbocycles. The summed E-state index contributed by atoms with van der Waals surface area (Å²) in [7, 11) is 0. The number of ether oxygens (including phenoxy) is 1. The molecule has 0 radical (unpaired) electrons. The van der Waals surface area contributed by atoms with Gasteiger partial charge in [0, 0.05) is 11.5 Å². The molecule has 1 spiro atoms. The first-order chi connectivity index (χ1) is 13.6. The van der Waals surface area contributed by atoms with E-state index in [1.165, 1.54) is 30.4 Å². The monoisotopic (exact) mass is 426 g/mol. The number of halogens is 4. The number of amides is 3. The molecule has 2 aliphatic heterocycles. The standard InChI is InChI=1S/C19H14ClF3N2O4/c20-14-9-11(29-10-19(21,22)23)5-7-18(14)8-6-15(26)25(18)24-16(27)12-3-1-2-4-13(12)17(24)28/h1-5,7,9,11H,6,8,10H2. The smallest absolute Gasteiger partial charge is 0.361 e. The molecule has 1 saturated heterocycles. The zero-order valence-electron chi connectivity index (χ0n) is 14.8. The fraction of sp³-hybridized carbons (Fsp3) is 0.316. The van der Waals surface area contributed by atoms with Crippen LogP contribution in [0, 0.1) is 0 Å². The van der Waals surface area contributed by atoms with Gasteiger partial charge in [0.05, 0.1) is 17.2 Å². The molecule has 1 aliphatic carbocycles. The van der Waals surface area contributed by atoms with Crippen molar-refractivity contribution in [1.29, 1.82) is 0 Å². The van der Waals surface area contributed by atoms with Crippen LogP contribution in [0.15, 0.2) is 47.5 Å². The third kappa shape index (κ3) is 3.14. The van der Waals surface area contributed by atoms with Crippen molar-refractivity contribution in [1.82, 2.24) is 10.0 Å². The van der Waals surface area contributed by atoms with Gasteiger partial charge in [-0.2, -0.15) is 18.2 Å².